The molecule has 1 amide bonds. The highest BCUT2D eigenvalue weighted by molar-refractivity contribution is 6.40. The van der Waals surface area contributed by atoms with Crippen LogP contribution in [-0.2, 0) is 6.54 Å². The number of benzene rings is 2. The highest BCUT2D eigenvalue weighted by Crippen LogP contribution is 2.35. The third-order valence-electron chi connectivity index (χ3n) is 4.33. The number of carbonyl (C=O) groups excluding carboxylic acids is 1. The highest BCUT2D eigenvalue weighted by atomic mass is 35.5. The van der Waals surface area contributed by atoms with Crippen LogP contribution in [0.15, 0.2) is 54.9 Å². The summed E-state index contributed by atoms with van der Waals surface area (Å²) in [7, 11) is 0. The van der Waals surface area contributed by atoms with Crippen molar-refractivity contribution in [1.29, 1.82) is 0 Å². The fourth-order valence-electron chi connectivity index (χ4n) is 2.83. The van der Waals surface area contributed by atoms with Gasteiger partial charge in [0.15, 0.2) is 5.75 Å². The first-order valence-corrected chi connectivity index (χ1v) is 10.3. The molecule has 0 spiro atoms. The maximum Gasteiger partial charge on any atom is 0.269 e. The largest absolute Gasteiger partial charge is 0.489 e. The summed E-state index contributed by atoms with van der Waals surface area (Å²) in [5.74, 6) is -0.928. The van der Waals surface area contributed by atoms with E-state index in [9.17, 15) is 19.3 Å². The van der Waals surface area contributed by atoms with Crippen LogP contribution in [0.4, 0.5) is 10.1 Å². The Balaban J connectivity index is 1.78. The van der Waals surface area contributed by atoms with Crippen LogP contribution in [0.2, 0.25) is 15.1 Å². The van der Waals surface area contributed by atoms with Crippen LogP contribution in [-0.4, -0.2) is 33.9 Å². The number of rotatable bonds is 8. The molecule has 32 heavy (non-hydrogen) atoms. The van der Waals surface area contributed by atoms with Crippen molar-refractivity contribution in [1.82, 2.24) is 9.88 Å². The van der Waals surface area contributed by atoms with Gasteiger partial charge in [0, 0.05) is 29.9 Å². The van der Waals surface area contributed by atoms with E-state index in [4.69, 9.17) is 39.5 Å². The molecule has 0 unspecified atom stereocenters. The van der Waals surface area contributed by atoms with Gasteiger partial charge in [0.2, 0.25) is 0 Å². The van der Waals surface area contributed by atoms with Crippen LogP contribution < -0.4 is 4.74 Å². The summed E-state index contributed by atoms with van der Waals surface area (Å²) in [6.07, 6.45) is 2.24. The van der Waals surface area contributed by atoms with E-state index < -0.39 is 16.6 Å². The molecule has 3 aromatic rings. The molecular formula is C21H15Cl3FN3O4. The van der Waals surface area contributed by atoms with E-state index in [1.807, 2.05) is 0 Å². The molecule has 2 aromatic carbocycles. The number of halogens is 4. The Kier molecular flexibility index (Phi) is 7.84. The number of hydrogen-bond acceptors (Lipinski definition) is 5. The highest BCUT2D eigenvalue weighted by Gasteiger charge is 2.19. The van der Waals surface area contributed by atoms with Gasteiger partial charge in [-0.15, -0.1) is 0 Å². The summed E-state index contributed by atoms with van der Waals surface area (Å²) < 4.78 is 19.2. The third kappa shape index (κ3) is 6.06. The Morgan fingerprint density at radius 3 is 2.34 bits per heavy atom. The van der Waals surface area contributed by atoms with Crippen LogP contribution in [0, 0.1) is 15.9 Å². The fraction of sp³-hybridized carbons (Fsp3) is 0.143. The predicted octanol–water partition coefficient (Wildman–Crippen LogP) is 5.81. The van der Waals surface area contributed by atoms with Crippen molar-refractivity contribution in [3.63, 3.8) is 0 Å². The van der Waals surface area contributed by atoms with Gasteiger partial charge in [0.05, 0.1) is 33.3 Å². The number of hydrogen-bond donors (Lipinski definition) is 0. The molecule has 0 bridgehead atoms. The Morgan fingerprint density at radius 1 is 1.09 bits per heavy atom. The number of nitrogens with zero attached hydrogens (tertiary/aromatic N) is 3. The standard InChI is InChI=1S/C21H15Cl3FN3O4/c22-15-8-18(23)20(19(24)9-15)32-6-5-27(21(29)14-7-16(25)11-26-10-14)12-13-1-3-17(4-2-13)28(30)31/h1-4,7-11H,5-6,12H2. The van der Waals surface area contributed by atoms with E-state index in [1.54, 1.807) is 0 Å². The molecule has 7 nitrogen and oxygen atoms in total. The number of nitro benzene ring substituents is 1. The number of aromatic nitrogens is 1. The molecule has 0 radical (unpaired) electrons. The van der Waals surface area contributed by atoms with Gasteiger partial charge in [0.25, 0.3) is 11.6 Å². The van der Waals surface area contributed by atoms with Crippen LogP contribution in [0.25, 0.3) is 0 Å². The summed E-state index contributed by atoms with van der Waals surface area (Å²) in [5, 5.41) is 11.6. The summed E-state index contributed by atoms with van der Waals surface area (Å²) in [4.78, 5) is 28.4. The monoisotopic (exact) mass is 497 g/mol. The van der Waals surface area contributed by atoms with Gasteiger partial charge in [-0.25, -0.2) is 4.39 Å². The van der Waals surface area contributed by atoms with E-state index in [2.05, 4.69) is 4.98 Å². The van der Waals surface area contributed by atoms with Gasteiger partial charge < -0.3 is 9.64 Å². The van der Waals surface area contributed by atoms with Crippen molar-refractivity contribution in [2.24, 2.45) is 0 Å². The molecular weight excluding hydrogens is 484 g/mol. The molecule has 0 aliphatic rings. The minimum atomic E-state index is -0.651. The lowest BCUT2D eigenvalue weighted by molar-refractivity contribution is -0.384. The van der Waals surface area contributed by atoms with Crippen molar-refractivity contribution in [2.75, 3.05) is 13.2 Å². The average Bonchev–Trinajstić information content (AvgIpc) is 2.74. The first-order chi connectivity index (χ1) is 15.2. The minimum absolute atomic E-state index is 0.0164. The Morgan fingerprint density at radius 2 is 1.75 bits per heavy atom. The SMILES string of the molecule is O=C(c1cncc(F)c1)N(CCOc1c(Cl)cc(Cl)cc1Cl)Cc1ccc([N+](=O)[O-])cc1. The zero-order valence-electron chi connectivity index (χ0n) is 16.3. The van der Waals surface area contributed by atoms with Gasteiger partial charge in [-0.2, -0.15) is 0 Å². The van der Waals surface area contributed by atoms with Gasteiger partial charge in [-0.05, 0) is 23.8 Å². The molecule has 11 heteroatoms. The summed E-state index contributed by atoms with van der Waals surface area (Å²) >= 11 is 18.1. The topological polar surface area (TPSA) is 85.6 Å². The summed E-state index contributed by atoms with van der Waals surface area (Å²) in [6.45, 7) is 0.197. The van der Waals surface area contributed by atoms with Crippen molar-refractivity contribution in [2.45, 2.75) is 6.54 Å². The maximum atomic E-state index is 13.6. The molecule has 1 heterocycles. The second-order valence-corrected chi connectivity index (χ2v) is 7.84. The average molecular weight is 499 g/mol. The molecule has 166 valence electrons. The van der Waals surface area contributed by atoms with Gasteiger partial charge in [-0.3, -0.25) is 19.9 Å². The van der Waals surface area contributed by atoms with Crippen LogP contribution in [0.1, 0.15) is 15.9 Å². The summed E-state index contributed by atoms with van der Waals surface area (Å²) in [5.41, 5.74) is 0.613. The zero-order chi connectivity index (χ0) is 23.3. The van der Waals surface area contributed by atoms with Crippen molar-refractivity contribution in [3.05, 3.63) is 97.0 Å². The number of carbonyl (C=O) groups is 1. The van der Waals surface area contributed by atoms with E-state index in [0.717, 1.165) is 12.3 Å². The van der Waals surface area contributed by atoms with Crippen molar-refractivity contribution < 1.29 is 18.8 Å². The first kappa shape index (κ1) is 23.7. The normalized spacial score (nSPS) is 10.6. The molecule has 1 aromatic heterocycles. The number of non-ortho nitro benzene ring substituents is 1. The van der Waals surface area contributed by atoms with Gasteiger partial charge in [-0.1, -0.05) is 46.9 Å². The predicted molar refractivity (Wildman–Crippen MR) is 119 cm³/mol. The van der Waals surface area contributed by atoms with Crippen molar-refractivity contribution in [3.8, 4) is 5.75 Å². The zero-order valence-corrected chi connectivity index (χ0v) is 18.6. The molecule has 0 aliphatic heterocycles. The van der Waals surface area contributed by atoms with Gasteiger partial charge in [0.1, 0.15) is 12.4 Å². The lowest BCUT2D eigenvalue weighted by atomic mass is 10.1. The van der Waals surface area contributed by atoms with Gasteiger partial charge >= 0.3 is 0 Å². The lowest BCUT2D eigenvalue weighted by Gasteiger charge is -2.23. The molecule has 0 N–H and O–H groups in total. The second-order valence-electron chi connectivity index (χ2n) is 6.59. The van der Waals surface area contributed by atoms with E-state index in [1.165, 1.54) is 47.5 Å². The maximum absolute atomic E-state index is 13.6. The second kappa shape index (κ2) is 10.6. The Labute approximate surface area is 197 Å². The molecule has 0 atom stereocenters. The number of pyridine rings is 1. The lowest BCUT2D eigenvalue weighted by Crippen LogP contribution is -2.34. The quantitative estimate of drug-likeness (QED) is 0.289. The van der Waals surface area contributed by atoms with Crippen LogP contribution in [0.3, 0.4) is 0 Å². The Bertz CT molecular complexity index is 1120. The Hall–Kier alpha value is -2.94. The molecule has 3 rings (SSSR count). The van der Waals surface area contributed by atoms with Crippen molar-refractivity contribution >= 4 is 46.4 Å². The third-order valence-corrected chi connectivity index (χ3v) is 5.11. The van der Waals surface area contributed by atoms with E-state index in [0.29, 0.717) is 10.6 Å². The van der Waals surface area contributed by atoms with Crippen LogP contribution >= 0.6 is 34.8 Å². The number of amides is 1. The molecule has 0 aliphatic carbocycles. The van der Waals surface area contributed by atoms with Crippen LogP contribution in [0.5, 0.6) is 5.75 Å². The first-order valence-electron chi connectivity index (χ1n) is 9.15. The van der Waals surface area contributed by atoms with E-state index >= 15 is 0 Å². The van der Waals surface area contributed by atoms with E-state index in [-0.39, 0.29) is 46.7 Å². The smallest absolute Gasteiger partial charge is 0.269 e. The number of nitro groups is 1. The minimum Gasteiger partial charge on any atom is -0.489 e. The fourth-order valence-corrected chi connectivity index (χ4v) is 3.76. The summed E-state index contributed by atoms with van der Waals surface area (Å²) in [6, 6.07) is 9.78. The number of ether oxygens (including phenoxy) is 1. The molecule has 0 fully saturated rings. The molecule has 0 saturated carbocycles. The molecule has 0 saturated heterocycles.